The fourth-order valence-electron chi connectivity index (χ4n) is 1.49. The molecule has 0 atom stereocenters. The number of nitrogens with zero attached hydrogens (tertiary/aromatic N) is 1. The zero-order valence-corrected chi connectivity index (χ0v) is 10.2. The second-order valence-electron chi connectivity index (χ2n) is 3.27. The minimum Gasteiger partial charge on any atom is -0.261 e. The molecule has 0 spiro atoms. The SMILES string of the molecule is CC.CCC(CC)c1cc(C)ccn1. The lowest BCUT2D eigenvalue weighted by Crippen LogP contribution is -1.98. The lowest BCUT2D eigenvalue weighted by atomic mass is 9.98. The van der Waals surface area contributed by atoms with Crippen molar-refractivity contribution in [2.24, 2.45) is 0 Å². The van der Waals surface area contributed by atoms with Crippen LogP contribution >= 0.6 is 0 Å². The quantitative estimate of drug-likeness (QED) is 0.696. The molecule has 0 aliphatic heterocycles. The first-order chi connectivity index (χ1) is 6.77. The molecule has 0 bridgehead atoms. The highest BCUT2D eigenvalue weighted by Crippen LogP contribution is 2.20. The summed E-state index contributed by atoms with van der Waals surface area (Å²) in [4.78, 5) is 4.38. The van der Waals surface area contributed by atoms with E-state index in [0.717, 1.165) is 0 Å². The van der Waals surface area contributed by atoms with Crippen LogP contribution in [-0.4, -0.2) is 4.98 Å². The van der Waals surface area contributed by atoms with Crippen LogP contribution in [0.5, 0.6) is 0 Å². The van der Waals surface area contributed by atoms with Gasteiger partial charge in [0.1, 0.15) is 0 Å². The highest BCUT2D eigenvalue weighted by Gasteiger charge is 2.07. The van der Waals surface area contributed by atoms with Crippen LogP contribution in [0, 0.1) is 6.92 Å². The predicted molar refractivity (Wildman–Crippen MR) is 63.6 cm³/mol. The second kappa shape index (κ2) is 7.54. The molecule has 0 amide bonds. The molecular formula is C13H23N. The standard InChI is InChI=1S/C11H17N.C2H6/c1-4-10(5-2)11-8-9(3)6-7-12-11;1-2/h6-8,10H,4-5H2,1-3H3;1-2H3. The van der Waals surface area contributed by atoms with E-state index in [1.165, 1.54) is 24.1 Å². The van der Waals surface area contributed by atoms with E-state index in [4.69, 9.17) is 0 Å². The molecule has 14 heavy (non-hydrogen) atoms. The molecule has 80 valence electrons. The van der Waals surface area contributed by atoms with Crippen molar-refractivity contribution in [2.75, 3.05) is 0 Å². The van der Waals surface area contributed by atoms with Crippen LogP contribution < -0.4 is 0 Å². The Morgan fingerprint density at radius 1 is 1.21 bits per heavy atom. The summed E-state index contributed by atoms with van der Waals surface area (Å²) in [6, 6.07) is 4.24. The van der Waals surface area contributed by atoms with Gasteiger partial charge in [-0.05, 0) is 37.5 Å². The fraction of sp³-hybridized carbons (Fsp3) is 0.615. The van der Waals surface area contributed by atoms with Gasteiger partial charge >= 0.3 is 0 Å². The molecule has 0 aliphatic rings. The van der Waals surface area contributed by atoms with Crippen LogP contribution in [0.4, 0.5) is 0 Å². The van der Waals surface area contributed by atoms with E-state index in [0.29, 0.717) is 5.92 Å². The summed E-state index contributed by atoms with van der Waals surface area (Å²) in [6.07, 6.45) is 4.28. The Balaban J connectivity index is 0.000000791. The Kier molecular flexibility index (Phi) is 7.09. The van der Waals surface area contributed by atoms with Crippen LogP contribution in [0.3, 0.4) is 0 Å². The molecule has 0 radical (unpaired) electrons. The van der Waals surface area contributed by atoms with Gasteiger partial charge in [-0.15, -0.1) is 0 Å². The summed E-state index contributed by atoms with van der Waals surface area (Å²) in [5, 5.41) is 0. The summed E-state index contributed by atoms with van der Waals surface area (Å²) >= 11 is 0. The van der Waals surface area contributed by atoms with E-state index in [-0.39, 0.29) is 0 Å². The van der Waals surface area contributed by atoms with Gasteiger partial charge in [0.2, 0.25) is 0 Å². The largest absolute Gasteiger partial charge is 0.261 e. The first-order valence-electron chi connectivity index (χ1n) is 5.70. The maximum absolute atomic E-state index is 4.38. The van der Waals surface area contributed by atoms with Gasteiger partial charge in [-0.25, -0.2) is 0 Å². The summed E-state index contributed by atoms with van der Waals surface area (Å²) < 4.78 is 0. The van der Waals surface area contributed by atoms with Crippen molar-refractivity contribution >= 4 is 0 Å². The monoisotopic (exact) mass is 193 g/mol. The molecule has 1 aromatic heterocycles. The molecule has 0 fully saturated rings. The van der Waals surface area contributed by atoms with E-state index in [2.05, 4.69) is 31.8 Å². The molecule has 1 rings (SSSR count). The van der Waals surface area contributed by atoms with Crippen LogP contribution in [0.25, 0.3) is 0 Å². The van der Waals surface area contributed by atoms with Crippen molar-refractivity contribution in [3.05, 3.63) is 29.6 Å². The van der Waals surface area contributed by atoms with Crippen LogP contribution in [0.2, 0.25) is 0 Å². The molecule has 1 heterocycles. The third-order valence-electron chi connectivity index (χ3n) is 2.34. The molecule has 0 N–H and O–H groups in total. The minimum absolute atomic E-state index is 0.643. The molecule has 0 saturated heterocycles. The summed E-state index contributed by atoms with van der Waals surface area (Å²) in [5.74, 6) is 0.643. The van der Waals surface area contributed by atoms with Gasteiger partial charge in [-0.3, -0.25) is 4.98 Å². The van der Waals surface area contributed by atoms with Crippen LogP contribution in [-0.2, 0) is 0 Å². The summed E-state index contributed by atoms with van der Waals surface area (Å²) in [7, 11) is 0. The molecule has 0 unspecified atom stereocenters. The molecule has 0 aromatic carbocycles. The zero-order chi connectivity index (χ0) is 11.0. The second-order valence-corrected chi connectivity index (χ2v) is 3.27. The molecular weight excluding hydrogens is 170 g/mol. The van der Waals surface area contributed by atoms with E-state index in [9.17, 15) is 0 Å². The number of rotatable bonds is 3. The van der Waals surface area contributed by atoms with Gasteiger partial charge in [0.15, 0.2) is 0 Å². The van der Waals surface area contributed by atoms with E-state index in [1.54, 1.807) is 0 Å². The smallest absolute Gasteiger partial charge is 0.0436 e. The third kappa shape index (κ3) is 3.91. The van der Waals surface area contributed by atoms with Crippen LogP contribution in [0.1, 0.15) is 57.7 Å². The van der Waals surface area contributed by atoms with E-state index >= 15 is 0 Å². The van der Waals surface area contributed by atoms with Gasteiger partial charge in [0.25, 0.3) is 0 Å². The molecule has 0 aliphatic carbocycles. The molecule has 0 saturated carbocycles. The average Bonchev–Trinajstić information content (AvgIpc) is 2.23. The van der Waals surface area contributed by atoms with Crippen molar-refractivity contribution < 1.29 is 0 Å². The molecule has 1 heteroatoms. The highest BCUT2D eigenvalue weighted by molar-refractivity contribution is 5.17. The van der Waals surface area contributed by atoms with Gasteiger partial charge < -0.3 is 0 Å². The van der Waals surface area contributed by atoms with Crippen molar-refractivity contribution in [1.29, 1.82) is 0 Å². The topological polar surface area (TPSA) is 12.9 Å². The Morgan fingerprint density at radius 3 is 2.21 bits per heavy atom. The number of aryl methyl sites for hydroxylation is 1. The third-order valence-corrected chi connectivity index (χ3v) is 2.34. The Bertz CT molecular complexity index is 239. The zero-order valence-electron chi connectivity index (χ0n) is 10.2. The molecule has 1 aromatic rings. The predicted octanol–water partition coefficient (Wildman–Crippen LogP) is 4.32. The van der Waals surface area contributed by atoms with Crippen molar-refractivity contribution in [2.45, 2.75) is 53.4 Å². The Labute approximate surface area is 88.6 Å². The first-order valence-corrected chi connectivity index (χ1v) is 5.70. The maximum Gasteiger partial charge on any atom is 0.0436 e. The van der Waals surface area contributed by atoms with Crippen molar-refractivity contribution in [3.63, 3.8) is 0 Å². The number of hydrogen-bond donors (Lipinski definition) is 0. The normalized spacial score (nSPS) is 9.57. The van der Waals surface area contributed by atoms with E-state index < -0.39 is 0 Å². The number of aromatic nitrogens is 1. The Hall–Kier alpha value is -0.850. The van der Waals surface area contributed by atoms with Gasteiger partial charge in [-0.1, -0.05) is 27.7 Å². The average molecular weight is 193 g/mol. The summed E-state index contributed by atoms with van der Waals surface area (Å²) in [6.45, 7) is 10.6. The Morgan fingerprint density at radius 2 is 1.79 bits per heavy atom. The number of pyridine rings is 1. The van der Waals surface area contributed by atoms with Crippen molar-refractivity contribution in [1.82, 2.24) is 4.98 Å². The first kappa shape index (κ1) is 13.2. The van der Waals surface area contributed by atoms with Crippen molar-refractivity contribution in [3.8, 4) is 0 Å². The maximum atomic E-state index is 4.38. The highest BCUT2D eigenvalue weighted by atomic mass is 14.7. The van der Waals surface area contributed by atoms with Gasteiger partial charge in [0.05, 0.1) is 0 Å². The van der Waals surface area contributed by atoms with Crippen LogP contribution in [0.15, 0.2) is 18.3 Å². The number of hydrogen-bond acceptors (Lipinski definition) is 1. The van der Waals surface area contributed by atoms with E-state index in [1.807, 2.05) is 26.1 Å². The van der Waals surface area contributed by atoms with Gasteiger partial charge in [-0.2, -0.15) is 0 Å². The minimum atomic E-state index is 0.643. The lowest BCUT2D eigenvalue weighted by Gasteiger charge is -2.11. The van der Waals surface area contributed by atoms with Gasteiger partial charge in [0, 0.05) is 17.8 Å². The summed E-state index contributed by atoms with van der Waals surface area (Å²) in [5.41, 5.74) is 2.56. The lowest BCUT2D eigenvalue weighted by molar-refractivity contribution is 0.623. The molecule has 1 nitrogen and oxygen atoms in total. The fourth-order valence-corrected chi connectivity index (χ4v) is 1.49.